The van der Waals surface area contributed by atoms with Gasteiger partial charge in [0.25, 0.3) is 0 Å². The van der Waals surface area contributed by atoms with Crippen LogP contribution in [0, 0.1) is 0 Å². The molecule has 18 heavy (non-hydrogen) atoms. The lowest BCUT2D eigenvalue weighted by Gasteiger charge is -2.22. The van der Waals surface area contributed by atoms with Gasteiger partial charge in [-0.25, -0.2) is 4.98 Å². The van der Waals surface area contributed by atoms with Crippen LogP contribution in [-0.4, -0.2) is 23.1 Å². The molecule has 0 aliphatic carbocycles. The van der Waals surface area contributed by atoms with Crippen molar-refractivity contribution in [1.82, 2.24) is 10.3 Å². The van der Waals surface area contributed by atoms with Crippen molar-refractivity contribution in [3.63, 3.8) is 0 Å². The average molecular weight is 267 g/mol. The quantitative estimate of drug-likeness (QED) is 0.906. The zero-order valence-electron chi connectivity index (χ0n) is 12.0. The van der Waals surface area contributed by atoms with Gasteiger partial charge in [-0.3, -0.25) is 0 Å². The summed E-state index contributed by atoms with van der Waals surface area (Å²) in [5, 5.41) is 6.90. The van der Waals surface area contributed by atoms with E-state index < -0.39 is 0 Å². The lowest BCUT2D eigenvalue weighted by Crippen LogP contribution is -2.35. The molecule has 0 bridgehead atoms. The zero-order chi connectivity index (χ0) is 13.2. The Hall–Kier alpha value is -0.610. The second kappa shape index (κ2) is 5.57. The predicted molar refractivity (Wildman–Crippen MR) is 79.4 cm³/mol. The van der Waals surface area contributed by atoms with Gasteiger partial charge in [0.15, 0.2) is 5.13 Å². The molecular weight excluding hydrogens is 242 g/mol. The summed E-state index contributed by atoms with van der Waals surface area (Å²) in [5.74, 6) is 0. The van der Waals surface area contributed by atoms with Crippen molar-refractivity contribution in [2.75, 3.05) is 11.4 Å². The van der Waals surface area contributed by atoms with Crippen LogP contribution in [-0.2, 0) is 6.54 Å². The summed E-state index contributed by atoms with van der Waals surface area (Å²) in [6.45, 7) is 10.9. The molecule has 102 valence electrons. The van der Waals surface area contributed by atoms with Crippen LogP contribution in [0.4, 0.5) is 5.13 Å². The molecule has 0 amide bonds. The first kappa shape index (κ1) is 13.8. The van der Waals surface area contributed by atoms with Crippen LogP contribution in [0.15, 0.2) is 5.38 Å². The highest BCUT2D eigenvalue weighted by molar-refractivity contribution is 7.13. The van der Waals surface area contributed by atoms with E-state index in [2.05, 4.69) is 43.3 Å². The van der Waals surface area contributed by atoms with Crippen LogP contribution in [0.3, 0.4) is 0 Å². The highest BCUT2D eigenvalue weighted by Gasteiger charge is 2.25. The van der Waals surface area contributed by atoms with Gasteiger partial charge in [0.05, 0.1) is 5.69 Å². The molecule has 2 rings (SSSR count). The number of aromatic nitrogens is 1. The molecule has 1 aliphatic heterocycles. The Morgan fingerprint density at radius 3 is 2.94 bits per heavy atom. The van der Waals surface area contributed by atoms with Crippen molar-refractivity contribution in [2.24, 2.45) is 0 Å². The van der Waals surface area contributed by atoms with Crippen LogP contribution in [0.2, 0.25) is 0 Å². The van der Waals surface area contributed by atoms with Crippen LogP contribution >= 0.6 is 11.3 Å². The molecular formula is C14H25N3S. The molecule has 0 spiro atoms. The van der Waals surface area contributed by atoms with Gasteiger partial charge in [0.1, 0.15) is 0 Å². The lowest BCUT2D eigenvalue weighted by atomic mass is 10.1. The molecule has 3 nitrogen and oxygen atoms in total. The van der Waals surface area contributed by atoms with E-state index in [1.54, 1.807) is 11.3 Å². The van der Waals surface area contributed by atoms with E-state index in [1.807, 2.05) is 0 Å². The molecule has 1 fully saturated rings. The van der Waals surface area contributed by atoms with E-state index in [-0.39, 0.29) is 5.54 Å². The third-order valence-corrected chi connectivity index (χ3v) is 4.36. The van der Waals surface area contributed by atoms with Gasteiger partial charge in [-0.05, 0) is 40.0 Å². The van der Waals surface area contributed by atoms with Gasteiger partial charge in [-0.2, -0.15) is 0 Å². The minimum atomic E-state index is 0.156. The van der Waals surface area contributed by atoms with Gasteiger partial charge in [-0.1, -0.05) is 6.92 Å². The van der Waals surface area contributed by atoms with E-state index in [4.69, 9.17) is 4.98 Å². The first-order valence-electron chi connectivity index (χ1n) is 6.95. The SMILES string of the molecule is CCC1CCCN1c1nc(CNC(C)(C)C)cs1. The monoisotopic (exact) mass is 267 g/mol. The Kier molecular flexibility index (Phi) is 4.28. The van der Waals surface area contributed by atoms with Crippen LogP contribution in [0.1, 0.15) is 52.7 Å². The van der Waals surface area contributed by atoms with Gasteiger partial charge >= 0.3 is 0 Å². The standard InChI is InChI=1S/C14H25N3S/c1-5-12-7-6-8-17(12)13-16-11(10-18-13)9-15-14(2,3)4/h10,12,15H,5-9H2,1-4H3. The molecule has 1 atom stereocenters. The number of anilines is 1. The van der Waals surface area contributed by atoms with E-state index in [1.165, 1.54) is 36.6 Å². The smallest absolute Gasteiger partial charge is 0.185 e. The largest absolute Gasteiger partial charge is 0.345 e. The maximum Gasteiger partial charge on any atom is 0.185 e. The minimum Gasteiger partial charge on any atom is -0.345 e. The van der Waals surface area contributed by atoms with Crippen molar-refractivity contribution in [2.45, 2.75) is 65.1 Å². The second-order valence-electron chi connectivity index (χ2n) is 6.12. The summed E-state index contributed by atoms with van der Waals surface area (Å²) in [5.41, 5.74) is 1.33. The number of nitrogens with zero attached hydrogens (tertiary/aromatic N) is 2. The van der Waals surface area contributed by atoms with Crippen molar-refractivity contribution < 1.29 is 0 Å². The summed E-state index contributed by atoms with van der Waals surface area (Å²) in [6, 6.07) is 0.708. The molecule has 4 heteroatoms. The number of hydrogen-bond acceptors (Lipinski definition) is 4. The van der Waals surface area contributed by atoms with Gasteiger partial charge in [0, 0.05) is 30.1 Å². The maximum absolute atomic E-state index is 4.78. The third kappa shape index (κ3) is 3.45. The highest BCUT2D eigenvalue weighted by atomic mass is 32.1. The van der Waals surface area contributed by atoms with Gasteiger partial charge in [-0.15, -0.1) is 11.3 Å². The van der Waals surface area contributed by atoms with Crippen LogP contribution < -0.4 is 10.2 Å². The molecule has 1 saturated heterocycles. The van der Waals surface area contributed by atoms with Crippen molar-refractivity contribution >= 4 is 16.5 Å². The van der Waals surface area contributed by atoms with E-state index >= 15 is 0 Å². The highest BCUT2D eigenvalue weighted by Crippen LogP contribution is 2.29. The maximum atomic E-state index is 4.78. The predicted octanol–water partition coefficient (Wildman–Crippen LogP) is 3.41. The Morgan fingerprint density at radius 1 is 1.50 bits per heavy atom. The first-order valence-corrected chi connectivity index (χ1v) is 7.83. The van der Waals surface area contributed by atoms with Crippen molar-refractivity contribution in [1.29, 1.82) is 0 Å². The summed E-state index contributed by atoms with van der Waals surface area (Å²) in [4.78, 5) is 7.27. The molecule has 0 saturated carbocycles. The summed E-state index contributed by atoms with van der Waals surface area (Å²) in [6.07, 6.45) is 3.87. The summed E-state index contributed by atoms with van der Waals surface area (Å²) < 4.78 is 0. The Morgan fingerprint density at radius 2 is 2.28 bits per heavy atom. The van der Waals surface area contributed by atoms with Gasteiger partial charge < -0.3 is 10.2 Å². The molecule has 0 aromatic carbocycles. The number of nitrogens with one attached hydrogen (secondary N) is 1. The van der Waals surface area contributed by atoms with Gasteiger partial charge in [0.2, 0.25) is 0 Å². The average Bonchev–Trinajstić information content (AvgIpc) is 2.93. The topological polar surface area (TPSA) is 28.2 Å². The van der Waals surface area contributed by atoms with Crippen LogP contribution in [0.5, 0.6) is 0 Å². The third-order valence-electron chi connectivity index (χ3n) is 3.43. The second-order valence-corrected chi connectivity index (χ2v) is 6.96. The Bertz CT molecular complexity index is 381. The zero-order valence-corrected chi connectivity index (χ0v) is 12.8. The summed E-state index contributed by atoms with van der Waals surface area (Å²) in [7, 11) is 0. The van der Waals surface area contributed by atoms with E-state index in [0.717, 1.165) is 6.54 Å². The molecule has 1 unspecified atom stereocenters. The molecule has 1 aliphatic rings. The Labute approximate surface area is 115 Å². The molecule has 1 aromatic heterocycles. The fourth-order valence-electron chi connectivity index (χ4n) is 2.38. The first-order chi connectivity index (χ1) is 8.49. The van der Waals surface area contributed by atoms with Crippen LogP contribution in [0.25, 0.3) is 0 Å². The van der Waals surface area contributed by atoms with E-state index in [9.17, 15) is 0 Å². The van der Waals surface area contributed by atoms with Crippen molar-refractivity contribution in [3.05, 3.63) is 11.1 Å². The normalized spacial score (nSPS) is 20.7. The molecule has 1 N–H and O–H groups in total. The van der Waals surface area contributed by atoms with Crippen molar-refractivity contribution in [3.8, 4) is 0 Å². The number of hydrogen-bond donors (Lipinski definition) is 1. The lowest BCUT2D eigenvalue weighted by molar-refractivity contribution is 0.422. The van der Waals surface area contributed by atoms with E-state index in [0.29, 0.717) is 6.04 Å². The Balaban J connectivity index is 1.97. The molecule has 0 radical (unpaired) electrons. The minimum absolute atomic E-state index is 0.156. The number of rotatable bonds is 4. The fraction of sp³-hybridized carbons (Fsp3) is 0.786. The molecule has 2 heterocycles. The number of thiazole rings is 1. The summed E-state index contributed by atoms with van der Waals surface area (Å²) >= 11 is 1.79. The fourth-order valence-corrected chi connectivity index (χ4v) is 3.30. The molecule has 1 aromatic rings.